The average molecular weight is 417 g/mol. The van der Waals surface area contributed by atoms with Gasteiger partial charge in [0.1, 0.15) is 0 Å². The van der Waals surface area contributed by atoms with Gasteiger partial charge in [-0.2, -0.15) is 0 Å². The Morgan fingerprint density at radius 2 is 2.07 bits per heavy atom. The van der Waals surface area contributed by atoms with Crippen molar-refractivity contribution >= 4 is 5.78 Å². The SMILES string of the molecule is CC(CC=CC(C)(C)O)C1C=CC2C(=CC=C3CC(O)CC(F)C3=O)CCCC21C. The predicted octanol–water partition coefficient (Wildman–Crippen LogP) is 5.25. The zero-order chi connectivity index (χ0) is 22.1. The van der Waals surface area contributed by atoms with Crippen LogP contribution in [-0.4, -0.2) is 33.9 Å². The van der Waals surface area contributed by atoms with Crippen molar-refractivity contribution in [3.05, 3.63) is 47.6 Å². The molecule has 0 aromatic rings. The molecule has 0 aromatic carbocycles. The van der Waals surface area contributed by atoms with Gasteiger partial charge in [-0.25, -0.2) is 4.39 Å². The monoisotopic (exact) mass is 416 g/mol. The number of rotatable bonds is 5. The Morgan fingerprint density at radius 1 is 1.33 bits per heavy atom. The van der Waals surface area contributed by atoms with Crippen molar-refractivity contribution in [2.45, 2.75) is 84.1 Å². The van der Waals surface area contributed by atoms with Crippen LogP contribution in [0.4, 0.5) is 4.39 Å². The average Bonchev–Trinajstić information content (AvgIpc) is 3.00. The first-order chi connectivity index (χ1) is 14.0. The molecule has 0 spiro atoms. The maximum atomic E-state index is 13.8. The Kier molecular flexibility index (Phi) is 6.88. The summed E-state index contributed by atoms with van der Waals surface area (Å²) in [5.41, 5.74) is 1.07. The molecule has 0 aliphatic heterocycles. The summed E-state index contributed by atoms with van der Waals surface area (Å²) in [6.07, 6.45) is 14.4. The third-order valence-electron chi connectivity index (χ3n) is 7.24. The second-order valence-electron chi connectivity index (χ2n) is 10.4. The van der Waals surface area contributed by atoms with E-state index in [1.807, 2.05) is 12.2 Å². The van der Waals surface area contributed by atoms with Gasteiger partial charge in [0, 0.05) is 24.3 Å². The van der Waals surface area contributed by atoms with Crippen LogP contribution in [0.5, 0.6) is 0 Å². The number of carbonyl (C=O) groups excluding carboxylic acids is 1. The molecule has 0 heterocycles. The first kappa shape index (κ1) is 23.1. The molecule has 0 saturated heterocycles. The molecule has 166 valence electrons. The Bertz CT molecular complexity index is 770. The maximum Gasteiger partial charge on any atom is 0.193 e. The van der Waals surface area contributed by atoms with Gasteiger partial charge >= 0.3 is 0 Å². The van der Waals surface area contributed by atoms with E-state index in [9.17, 15) is 19.4 Å². The molecule has 0 bridgehead atoms. The second kappa shape index (κ2) is 8.92. The normalized spacial score (nSPS) is 38.6. The lowest BCUT2D eigenvalue weighted by molar-refractivity contribution is -0.123. The van der Waals surface area contributed by atoms with Gasteiger partial charge in [-0.05, 0) is 56.8 Å². The highest BCUT2D eigenvalue weighted by Crippen LogP contribution is 2.56. The van der Waals surface area contributed by atoms with E-state index in [-0.39, 0.29) is 18.3 Å². The van der Waals surface area contributed by atoms with Crippen LogP contribution in [0.25, 0.3) is 0 Å². The van der Waals surface area contributed by atoms with E-state index in [2.05, 4.69) is 32.1 Å². The quantitative estimate of drug-likeness (QED) is 0.476. The van der Waals surface area contributed by atoms with E-state index in [1.165, 1.54) is 5.57 Å². The van der Waals surface area contributed by atoms with Crippen molar-refractivity contribution < 1.29 is 19.4 Å². The van der Waals surface area contributed by atoms with Gasteiger partial charge in [-0.1, -0.05) is 55.9 Å². The zero-order valence-corrected chi connectivity index (χ0v) is 18.8. The van der Waals surface area contributed by atoms with Crippen LogP contribution in [-0.2, 0) is 4.79 Å². The largest absolute Gasteiger partial charge is 0.393 e. The van der Waals surface area contributed by atoms with Crippen LogP contribution in [0, 0.1) is 23.2 Å². The van der Waals surface area contributed by atoms with E-state index in [4.69, 9.17) is 0 Å². The standard InChI is InChI=1S/C26H37FO3/c1-17(7-5-13-25(2,3)30)21-11-12-22-18(8-6-14-26(21,22)4)9-10-19-15-20(28)16-23(27)24(19)29/h5,9-13,17,20-23,28,30H,6-8,14-16H2,1-4H3. The van der Waals surface area contributed by atoms with Crippen LogP contribution in [0.1, 0.15) is 66.2 Å². The Labute approximate surface area is 180 Å². The first-order valence-corrected chi connectivity index (χ1v) is 11.4. The van der Waals surface area contributed by atoms with Crippen molar-refractivity contribution in [2.75, 3.05) is 0 Å². The molecule has 3 nitrogen and oxygen atoms in total. The summed E-state index contributed by atoms with van der Waals surface area (Å²) in [6, 6.07) is 0. The highest BCUT2D eigenvalue weighted by molar-refractivity contribution is 5.99. The zero-order valence-electron chi connectivity index (χ0n) is 18.8. The molecule has 0 radical (unpaired) electrons. The number of hydrogen-bond donors (Lipinski definition) is 2. The number of carbonyl (C=O) groups is 1. The smallest absolute Gasteiger partial charge is 0.193 e. The third kappa shape index (κ3) is 5.03. The fourth-order valence-corrected chi connectivity index (χ4v) is 5.66. The van der Waals surface area contributed by atoms with E-state index in [0.717, 1.165) is 25.7 Å². The van der Waals surface area contributed by atoms with E-state index >= 15 is 0 Å². The number of aliphatic hydroxyl groups excluding tert-OH is 1. The van der Waals surface area contributed by atoms with E-state index in [0.29, 0.717) is 23.3 Å². The van der Waals surface area contributed by atoms with Crippen LogP contribution in [0.15, 0.2) is 47.6 Å². The topological polar surface area (TPSA) is 57.5 Å². The van der Waals surface area contributed by atoms with Crippen LogP contribution >= 0.6 is 0 Å². The van der Waals surface area contributed by atoms with Crippen molar-refractivity contribution in [3.8, 4) is 0 Å². The van der Waals surface area contributed by atoms with E-state index < -0.39 is 23.7 Å². The van der Waals surface area contributed by atoms with Gasteiger partial charge in [0.25, 0.3) is 0 Å². The van der Waals surface area contributed by atoms with E-state index in [1.54, 1.807) is 19.9 Å². The van der Waals surface area contributed by atoms with Gasteiger partial charge < -0.3 is 10.2 Å². The van der Waals surface area contributed by atoms with Crippen molar-refractivity contribution in [1.29, 1.82) is 0 Å². The Balaban J connectivity index is 1.75. The first-order valence-electron chi connectivity index (χ1n) is 11.4. The maximum absolute atomic E-state index is 13.8. The molecule has 0 aromatic heterocycles. The molecule has 3 aliphatic carbocycles. The molecular formula is C26H37FO3. The van der Waals surface area contributed by atoms with Crippen LogP contribution in [0.2, 0.25) is 0 Å². The number of hydrogen-bond acceptors (Lipinski definition) is 3. The molecular weight excluding hydrogens is 379 g/mol. The van der Waals surface area contributed by atoms with Crippen LogP contribution < -0.4 is 0 Å². The fraction of sp³-hybridized carbons (Fsp3) is 0.654. The number of allylic oxidation sites excluding steroid dienone is 6. The minimum atomic E-state index is -1.58. The van der Waals surface area contributed by atoms with Gasteiger partial charge in [0.15, 0.2) is 12.0 Å². The number of ketones is 1. The molecule has 30 heavy (non-hydrogen) atoms. The summed E-state index contributed by atoms with van der Waals surface area (Å²) in [7, 11) is 0. The predicted molar refractivity (Wildman–Crippen MR) is 119 cm³/mol. The third-order valence-corrected chi connectivity index (χ3v) is 7.24. The van der Waals surface area contributed by atoms with Crippen molar-refractivity contribution in [3.63, 3.8) is 0 Å². The van der Waals surface area contributed by atoms with Gasteiger partial charge in [-0.15, -0.1) is 0 Å². The summed E-state index contributed by atoms with van der Waals surface area (Å²) < 4.78 is 13.8. The molecule has 2 saturated carbocycles. The molecule has 4 heteroatoms. The van der Waals surface area contributed by atoms with Gasteiger partial charge in [0.05, 0.1) is 11.7 Å². The molecule has 0 amide bonds. The molecule has 6 unspecified atom stereocenters. The highest BCUT2D eigenvalue weighted by atomic mass is 19.1. The Hall–Kier alpha value is -1.52. The van der Waals surface area contributed by atoms with Gasteiger partial charge in [-0.3, -0.25) is 4.79 Å². The molecule has 3 rings (SSSR count). The number of aliphatic hydroxyl groups is 2. The molecule has 2 N–H and O–H groups in total. The molecule has 2 fully saturated rings. The summed E-state index contributed by atoms with van der Waals surface area (Å²) >= 11 is 0. The number of Topliss-reactive ketones (excluding diaryl/α,β-unsaturated/α-hetero) is 1. The Morgan fingerprint density at radius 3 is 2.77 bits per heavy atom. The summed E-state index contributed by atoms with van der Waals surface area (Å²) in [4.78, 5) is 12.1. The van der Waals surface area contributed by atoms with Crippen molar-refractivity contribution in [2.24, 2.45) is 23.2 Å². The minimum absolute atomic E-state index is 0.0857. The summed E-state index contributed by atoms with van der Waals surface area (Å²) in [5, 5.41) is 19.7. The number of halogens is 1. The van der Waals surface area contributed by atoms with Crippen molar-refractivity contribution in [1.82, 2.24) is 0 Å². The molecule has 6 atom stereocenters. The highest BCUT2D eigenvalue weighted by Gasteiger charge is 2.47. The van der Waals surface area contributed by atoms with Crippen LogP contribution in [0.3, 0.4) is 0 Å². The number of fused-ring (bicyclic) bond motifs is 1. The summed E-state index contributed by atoms with van der Waals surface area (Å²) in [5.74, 6) is 0.787. The van der Waals surface area contributed by atoms with Gasteiger partial charge in [0.2, 0.25) is 0 Å². The lowest BCUT2D eigenvalue weighted by Crippen LogP contribution is -2.36. The lowest BCUT2D eigenvalue weighted by atomic mass is 9.60. The lowest BCUT2D eigenvalue weighted by Gasteiger charge is -2.44. The number of alkyl halides is 1. The molecule has 3 aliphatic rings. The fourth-order valence-electron chi connectivity index (χ4n) is 5.66. The second-order valence-corrected chi connectivity index (χ2v) is 10.4. The minimum Gasteiger partial charge on any atom is -0.393 e. The summed E-state index contributed by atoms with van der Waals surface area (Å²) in [6.45, 7) is 8.22.